The molecule has 0 aromatic heterocycles. The topological polar surface area (TPSA) is 69.6 Å². The van der Waals surface area contributed by atoms with Crippen molar-refractivity contribution in [3.63, 3.8) is 0 Å². The molecule has 1 heterocycles. The number of amides is 2. The van der Waals surface area contributed by atoms with Gasteiger partial charge >= 0.3 is 12.0 Å². The Hall–Kier alpha value is -1.56. The smallest absolute Gasteiger partial charge is 0.321 e. The molecular formula is C14H17BrN2O3. The number of carboxylic acids is 1. The van der Waals surface area contributed by atoms with Crippen LogP contribution in [0.25, 0.3) is 0 Å². The lowest BCUT2D eigenvalue weighted by Gasteiger charge is -2.18. The Morgan fingerprint density at radius 2 is 2.25 bits per heavy atom. The zero-order chi connectivity index (χ0) is 14.7. The second-order valence-electron chi connectivity index (χ2n) is 5.11. The summed E-state index contributed by atoms with van der Waals surface area (Å²) in [6, 6.07) is 5.57. The lowest BCUT2D eigenvalue weighted by atomic mass is 10.1. The first-order chi connectivity index (χ1) is 9.45. The zero-order valence-electron chi connectivity index (χ0n) is 11.2. The number of carboxylic acid groups (broad SMARTS) is 1. The highest BCUT2D eigenvalue weighted by Gasteiger charge is 2.27. The van der Waals surface area contributed by atoms with Gasteiger partial charge in [0.15, 0.2) is 0 Å². The van der Waals surface area contributed by atoms with E-state index in [1.165, 1.54) is 0 Å². The van der Waals surface area contributed by atoms with Crippen molar-refractivity contribution in [3.05, 3.63) is 28.2 Å². The van der Waals surface area contributed by atoms with E-state index in [2.05, 4.69) is 21.2 Å². The molecule has 1 aliphatic rings. The molecule has 20 heavy (non-hydrogen) atoms. The highest BCUT2D eigenvalue weighted by atomic mass is 79.9. The average molecular weight is 341 g/mol. The van der Waals surface area contributed by atoms with E-state index in [1.807, 2.05) is 25.1 Å². The lowest BCUT2D eigenvalue weighted by Crippen LogP contribution is -2.33. The van der Waals surface area contributed by atoms with Crippen LogP contribution in [-0.2, 0) is 4.79 Å². The second-order valence-corrected chi connectivity index (χ2v) is 5.97. The summed E-state index contributed by atoms with van der Waals surface area (Å²) in [5.74, 6) is -0.752. The number of likely N-dealkylation sites (tertiary alicyclic amines) is 1. The number of nitrogens with zero attached hydrogens (tertiary/aromatic N) is 1. The van der Waals surface area contributed by atoms with Crippen molar-refractivity contribution in [3.8, 4) is 0 Å². The number of anilines is 1. The summed E-state index contributed by atoms with van der Waals surface area (Å²) < 4.78 is 0.831. The van der Waals surface area contributed by atoms with Crippen LogP contribution >= 0.6 is 15.9 Å². The first kappa shape index (κ1) is 14.8. The van der Waals surface area contributed by atoms with Crippen LogP contribution in [0, 0.1) is 12.8 Å². The van der Waals surface area contributed by atoms with E-state index >= 15 is 0 Å². The van der Waals surface area contributed by atoms with E-state index in [4.69, 9.17) is 5.11 Å². The molecule has 6 heteroatoms. The fourth-order valence-corrected chi connectivity index (χ4v) is 2.71. The van der Waals surface area contributed by atoms with Crippen LogP contribution in [0.15, 0.2) is 22.7 Å². The summed E-state index contributed by atoms with van der Waals surface area (Å²) in [7, 11) is 0. The van der Waals surface area contributed by atoms with E-state index in [1.54, 1.807) is 4.90 Å². The van der Waals surface area contributed by atoms with E-state index in [9.17, 15) is 9.59 Å². The standard InChI is InChI=1S/C14H17BrN2O3/c1-9-2-3-11(15)12(6-9)16-14(20)17-5-4-10(8-17)7-13(18)19/h2-3,6,10H,4-5,7-8H2,1H3,(H,16,20)(H,18,19). The summed E-state index contributed by atoms with van der Waals surface area (Å²) in [5.41, 5.74) is 1.80. The predicted octanol–water partition coefficient (Wildman–Crippen LogP) is 3.09. The lowest BCUT2D eigenvalue weighted by molar-refractivity contribution is -0.138. The minimum absolute atomic E-state index is 0.0548. The minimum atomic E-state index is -0.807. The van der Waals surface area contributed by atoms with Gasteiger partial charge in [0.1, 0.15) is 0 Å². The average Bonchev–Trinajstić information content (AvgIpc) is 2.81. The maximum Gasteiger partial charge on any atom is 0.321 e. The van der Waals surface area contributed by atoms with Crippen LogP contribution in [0.1, 0.15) is 18.4 Å². The van der Waals surface area contributed by atoms with Gasteiger partial charge in [-0.1, -0.05) is 6.07 Å². The third kappa shape index (κ3) is 3.72. The Morgan fingerprint density at radius 3 is 2.95 bits per heavy atom. The highest BCUT2D eigenvalue weighted by Crippen LogP contribution is 2.25. The van der Waals surface area contributed by atoms with Crippen molar-refractivity contribution < 1.29 is 14.7 Å². The molecule has 1 aromatic rings. The largest absolute Gasteiger partial charge is 0.481 e. The van der Waals surface area contributed by atoms with Gasteiger partial charge in [0.2, 0.25) is 0 Å². The molecule has 0 radical (unpaired) electrons. The van der Waals surface area contributed by atoms with Gasteiger partial charge in [-0.05, 0) is 52.9 Å². The molecule has 1 aliphatic heterocycles. The van der Waals surface area contributed by atoms with Crippen molar-refractivity contribution in [2.45, 2.75) is 19.8 Å². The van der Waals surface area contributed by atoms with Gasteiger partial charge in [0, 0.05) is 24.0 Å². The molecular weight excluding hydrogens is 324 g/mol. The molecule has 0 aliphatic carbocycles. The molecule has 0 saturated carbocycles. The number of hydrogen-bond acceptors (Lipinski definition) is 2. The maximum absolute atomic E-state index is 12.2. The molecule has 5 nitrogen and oxygen atoms in total. The van der Waals surface area contributed by atoms with E-state index in [-0.39, 0.29) is 18.4 Å². The molecule has 1 unspecified atom stereocenters. The van der Waals surface area contributed by atoms with Crippen LogP contribution in [0.2, 0.25) is 0 Å². The number of nitrogens with one attached hydrogen (secondary N) is 1. The van der Waals surface area contributed by atoms with Crippen LogP contribution in [0.5, 0.6) is 0 Å². The van der Waals surface area contributed by atoms with E-state index in [0.717, 1.165) is 22.1 Å². The van der Waals surface area contributed by atoms with Crippen molar-refractivity contribution in [2.24, 2.45) is 5.92 Å². The maximum atomic E-state index is 12.2. The van der Waals surface area contributed by atoms with Crippen molar-refractivity contribution in [2.75, 3.05) is 18.4 Å². The number of carbonyl (C=O) groups excluding carboxylic acids is 1. The fourth-order valence-electron chi connectivity index (χ4n) is 2.36. The number of aliphatic carboxylic acids is 1. The van der Waals surface area contributed by atoms with Crippen molar-refractivity contribution in [1.29, 1.82) is 0 Å². The van der Waals surface area contributed by atoms with E-state index < -0.39 is 5.97 Å². The number of carbonyl (C=O) groups is 2. The fraction of sp³-hybridized carbons (Fsp3) is 0.429. The molecule has 1 atom stereocenters. The molecule has 0 spiro atoms. The molecule has 1 aromatic carbocycles. The van der Waals surface area contributed by atoms with Gasteiger partial charge in [-0.25, -0.2) is 4.79 Å². The van der Waals surface area contributed by atoms with Gasteiger partial charge in [-0.2, -0.15) is 0 Å². The first-order valence-corrected chi connectivity index (χ1v) is 7.29. The van der Waals surface area contributed by atoms with Gasteiger partial charge in [-0.15, -0.1) is 0 Å². The monoisotopic (exact) mass is 340 g/mol. The number of halogens is 1. The number of aryl methyl sites for hydroxylation is 1. The van der Waals surface area contributed by atoms with Crippen molar-refractivity contribution in [1.82, 2.24) is 4.90 Å². The number of rotatable bonds is 3. The van der Waals surface area contributed by atoms with Gasteiger partial charge in [0.05, 0.1) is 5.69 Å². The summed E-state index contributed by atoms with van der Waals surface area (Å²) in [6.45, 7) is 3.07. The van der Waals surface area contributed by atoms with Crippen LogP contribution in [0.4, 0.5) is 10.5 Å². The number of hydrogen-bond donors (Lipinski definition) is 2. The summed E-state index contributed by atoms with van der Waals surface area (Å²) >= 11 is 3.40. The molecule has 2 amide bonds. The zero-order valence-corrected chi connectivity index (χ0v) is 12.8. The highest BCUT2D eigenvalue weighted by molar-refractivity contribution is 9.10. The number of urea groups is 1. The summed E-state index contributed by atoms with van der Waals surface area (Å²) in [6.07, 6.45) is 0.868. The second kappa shape index (κ2) is 6.26. The quantitative estimate of drug-likeness (QED) is 0.888. The summed E-state index contributed by atoms with van der Waals surface area (Å²) in [4.78, 5) is 24.5. The van der Waals surface area contributed by atoms with Crippen LogP contribution < -0.4 is 5.32 Å². The van der Waals surface area contributed by atoms with Crippen LogP contribution in [-0.4, -0.2) is 35.1 Å². The van der Waals surface area contributed by atoms with Gasteiger partial charge in [-0.3, -0.25) is 4.79 Å². The molecule has 2 rings (SSSR count). The summed E-state index contributed by atoms with van der Waals surface area (Å²) in [5, 5.41) is 11.6. The van der Waals surface area contributed by atoms with Crippen molar-refractivity contribution >= 4 is 33.6 Å². The van der Waals surface area contributed by atoms with E-state index in [0.29, 0.717) is 13.1 Å². The molecule has 108 valence electrons. The Kier molecular flexibility index (Phi) is 4.65. The third-order valence-electron chi connectivity index (χ3n) is 3.40. The van der Waals surface area contributed by atoms with Gasteiger partial charge < -0.3 is 15.3 Å². The third-order valence-corrected chi connectivity index (χ3v) is 4.09. The Morgan fingerprint density at radius 1 is 1.50 bits per heavy atom. The van der Waals surface area contributed by atoms with Crippen LogP contribution in [0.3, 0.4) is 0 Å². The first-order valence-electron chi connectivity index (χ1n) is 6.49. The Bertz CT molecular complexity index is 533. The minimum Gasteiger partial charge on any atom is -0.481 e. The Labute approximate surface area is 126 Å². The predicted molar refractivity (Wildman–Crippen MR) is 79.8 cm³/mol. The molecule has 0 bridgehead atoms. The molecule has 2 N–H and O–H groups in total. The SMILES string of the molecule is Cc1ccc(Br)c(NC(=O)N2CCC(CC(=O)O)C2)c1. The molecule has 1 fully saturated rings. The van der Waals surface area contributed by atoms with Gasteiger partial charge in [0.25, 0.3) is 0 Å². The normalized spacial score (nSPS) is 18.1. The number of benzene rings is 1. The Balaban J connectivity index is 1.96. The molecule has 1 saturated heterocycles.